The molecule has 0 saturated heterocycles. The van der Waals surface area contributed by atoms with E-state index in [1.54, 1.807) is 0 Å². The van der Waals surface area contributed by atoms with Crippen molar-refractivity contribution in [1.82, 2.24) is 4.57 Å². The van der Waals surface area contributed by atoms with Gasteiger partial charge in [0.25, 0.3) is 0 Å². The lowest BCUT2D eigenvalue weighted by atomic mass is 9.80. The van der Waals surface area contributed by atoms with Gasteiger partial charge in [-0.3, -0.25) is 0 Å². The molecule has 0 amide bonds. The quantitative estimate of drug-likeness (QED) is 0.161. The summed E-state index contributed by atoms with van der Waals surface area (Å²) in [7, 11) is 0. The maximum absolute atomic E-state index is 6.58. The van der Waals surface area contributed by atoms with E-state index in [1.807, 2.05) is 0 Å². The zero-order valence-corrected chi connectivity index (χ0v) is 34.0. The van der Waals surface area contributed by atoms with E-state index in [0.29, 0.717) is 5.92 Å². The van der Waals surface area contributed by atoms with Crippen LogP contribution in [0, 0.1) is 0 Å². The molecule has 1 aliphatic rings. The van der Waals surface area contributed by atoms with Crippen molar-refractivity contribution in [3.63, 3.8) is 0 Å². The van der Waals surface area contributed by atoms with E-state index >= 15 is 0 Å². The van der Waals surface area contributed by atoms with Crippen molar-refractivity contribution < 1.29 is 4.42 Å². The molecule has 0 bridgehead atoms. The Morgan fingerprint density at radius 2 is 1.05 bits per heavy atom. The van der Waals surface area contributed by atoms with Crippen molar-refractivity contribution in [2.24, 2.45) is 0 Å². The van der Waals surface area contributed by atoms with Crippen molar-refractivity contribution in [3.05, 3.63) is 206 Å². The zero-order chi connectivity index (χ0) is 40.3. The predicted molar refractivity (Wildman–Crippen MR) is 257 cm³/mol. The molecule has 0 N–H and O–H groups in total. The summed E-state index contributed by atoms with van der Waals surface area (Å²) in [6.07, 6.45) is 6.43. The Balaban J connectivity index is 1.13. The Bertz CT molecular complexity index is 3420. The van der Waals surface area contributed by atoms with E-state index in [4.69, 9.17) is 4.42 Å². The predicted octanol–water partition coefficient (Wildman–Crippen LogP) is 16.7. The van der Waals surface area contributed by atoms with E-state index in [1.165, 1.54) is 81.4 Å². The highest BCUT2D eigenvalue weighted by atomic mass is 16.3. The van der Waals surface area contributed by atoms with Crippen molar-refractivity contribution in [2.45, 2.75) is 38.0 Å². The molecule has 1 fully saturated rings. The van der Waals surface area contributed by atoms with Gasteiger partial charge in [0.2, 0.25) is 0 Å². The maximum atomic E-state index is 6.58. The van der Waals surface area contributed by atoms with Gasteiger partial charge in [-0.2, -0.15) is 0 Å². The van der Waals surface area contributed by atoms with Gasteiger partial charge in [0.05, 0.1) is 33.5 Å². The first-order valence-electron chi connectivity index (χ1n) is 21.8. The first-order chi connectivity index (χ1) is 30.3. The molecular formula is C58H44N2O. The molecule has 0 aliphatic heterocycles. The Morgan fingerprint density at radius 1 is 0.426 bits per heavy atom. The second-order valence-corrected chi connectivity index (χ2v) is 16.6. The van der Waals surface area contributed by atoms with Gasteiger partial charge in [0, 0.05) is 33.0 Å². The molecule has 0 radical (unpaired) electrons. The minimum atomic E-state index is 0.566. The minimum Gasteiger partial charge on any atom is -0.456 e. The highest BCUT2D eigenvalue weighted by Gasteiger charge is 2.26. The van der Waals surface area contributed by atoms with Gasteiger partial charge in [-0.05, 0) is 107 Å². The summed E-state index contributed by atoms with van der Waals surface area (Å²) in [5.41, 5.74) is 14.9. The van der Waals surface area contributed by atoms with Crippen LogP contribution in [0.1, 0.15) is 43.6 Å². The molecule has 61 heavy (non-hydrogen) atoms. The third kappa shape index (κ3) is 5.87. The third-order valence-electron chi connectivity index (χ3n) is 13.2. The fourth-order valence-corrected chi connectivity index (χ4v) is 10.5. The van der Waals surface area contributed by atoms with Crippen LogP contribution in [0.5, 0.6) is 0 Å². The Kier molecular flexibility index (Phi) is 8.59. The van der Waals surface area contributed by atoms with Gasteiger partial charge in [0.1, 0.15) is 11.2 Å². The SMILES string of the molecule is c1ccc(-n2c3ccccc3c3cc(-c4ccccc4N(c4ccccc4-c4cccc5cccc(C6CCCCC6)c45)c4cccc5oc6ccccc6c45)ccc32)cc1. The lowest BCUT2D eigenvalue weighted by Crippen LogP contribution is -2.13. The number of aromatic nitrogens is 1. The summed E-state index contributed by atoms with van der Waals surface area (Å²) in [5.74, 6) is 0.566. The Morgan fingerprint density at radius 3 is 1.90 bits per heavy atom. The Hall–Kier alpha value is -7.36. The van der Waals surface area contributed by atoms with Crippen molar-refractivity contribution in [2.75, 3.05) is 4.90 Å². The van der Waals surface area contributed by atoms with Crippen LogP contribution in [0.3, 0.4) is 0 Å². The highest BCUT2D eigenvalue weighted by molar-refractivity contribution is 6.16. The van der Waals surface area contributed by atoms with Crippen LogP contribution < -0.4 is 4.90 Å². The van der Waals surface area contributed by atoms with Gasteiger partial charge in [0.15, 0.2) is 0 Å². The van der Waals surface area contributed by atoms with Crippen molar-refractivity contribution in [1.29, 1.82) is 0 Å². The average Bonchev–Trinajstić information content (AvgIpc) is 3.88. The molecule has 2 aromatic heterocycles. The average molecular weight is 785 g/mol. The molecule has 3 nitrogen and oxygen atoms in total. The molecule has 1 saturated carbocycles. The van der Waals surface area contributed by atoms with Gasteiger partial charge < -0.3 is 13.9 Å². The summed E-state index contributed by atoms with van der Waals surface area (Å²) in [6.45, 7) is 0. The highest BCUT2D eigenvalue weighted by Crippen LogP contribution is 2.50. The molecule has 292 valence electrons. The number of nitrogens with zero attached hydrogens (tertiary/aromatic N) is 2. The van der Waals surface area contributed by atoms with Crippen LogP contribution in [0.2, 0.25) is 0 Å². The lowest BCUT2D eigenvalue weighted by Gasteiger charge is -2.31. The maximum Gasteiger partial charge on any atom is 0.137 e. The molecule has 2 heterocycles. The number of fused-ring (bicyclic) bond motifs is 7. The number of hydrogen-bond donors (Lipinski definition) is 0. The van der Waals surface area contributed by atoms with Gasteiger partial charge >= 0.3 is 0 Å². The van der Waals surface area contributed by atoms with E-state index < -0.39 is 0 Å². The van der Waals surface area contributed by atoms with Gasteiger partial charge in [-0.25, -0.2) is 0 Å². The smallest absolute Gasteiger partial charge is 0.137 e. The summed E-state index contributed by atoms with van der Waals surface area (Å²) in [5, 5.41) is 7.35. The van der Waals surface area contributed by atoms with Crippen LogP contribution in [-0.4, -0.2) is 4.57 Å². The zero-order valence-electron chi connectivity index (χ0n) is 34.0. The fraction of sp³-hybridized carbons (Fsp3) is 0.103. The van der Waals surface area contributed by atoms with E-state index in [0.717, 1.165) is 55.8 Å². The molecule has 0 unspecified atom stereocenters. The van der Waals surface area contributed by atoms with E-state index in [-0.39, 0.29) is 0 Å². The number of furan rings is 1. The number of para-hydroxylation sites is 5. The summed E-state index contributed by atoms with van der Waals surface area (Å²) >= 11 is 0. The summed E-state index contributed by atoms with van der Waals surface area (Å²) in [4.78, 5) is 2.51. The summed E-state index contributed by atoms with van der Waals surface area (Å²) < 4.78 is 8.97. The van der Waals surface area contributed by atoms with Crippen molar-refractivity contribution >= 4 is 71.6 Å². The molecular weight excluding hydrogens is 741 g/mol. The Labute approximate surface area is 355 Å². The first-order valence-corrected chi connectivity index (χ1v) is 21.8. The molecule has 3 heteroatoms. The fourth-order valence-electron chi connectivity index (χ4n) is 10.5. The molecule has 11 aromatic rings. The molecule has 0 atom stereocenters. The molecule has 9 aromatic carbocycles. The van der Waals surface area contributed by atoms with E-state index in [2.05, 4.69) is 210 Å². The van der Waals surface area contributed by atoms with Crippen LogP contribution in [0.4, 0.5) is 17.1 Å². The van der Waals surface area contributed by atoms with Crippen molar-refractivity contribution in [3.8, 4) is 27.9 Å². The first kappa shape index (κ1) is 35.6. The van der Waals surface area contributed by atoms with Crippen LogP contribution in [0.25, 0.3) is 82.5 Å². The summed E-state index contributed by atoms with van der Waals surface area (Å²) in [6, 6.07) is 73.3. The number of rotatable bonds is 7. The molecule has 1 aliphatic carbocycles. The standard InChI is InChI=1S/C58H44N2O/c1-3-18-39(19-4-1)44-28-15-20-40-21-16-29-47(57(40)44)45-25-8-13-32-52(45)60(54-33-17-35-56-58(54)48-27-10-14-34-55(48)61-56)50-30-11-7-24-43(50)41-36-37-53-49(38-41)46-26-9-12-31-51(46)59(53)42-22-5-2-6-23-42/h2,5-17,20-39H,1,3-4,18-19H2. The monoisotopic (exact) mass is 784 g/mol. The molecule has 0 spiro atoms. The topological polar surface area (TPSA) is 21.3 Å². The normalized spacial score (nSPS) is 13.5. The number of hydrogen-bond acceptors (Lipinski definition) is 2. The third-order valence-corrected chi connectivity index (χ3v) is 13.2. The second-order valence-electron chi connectivity index (χ2n) is 16.6. The van der Waals surface area contributed by atoms with Crippen LogP contribution in [-0.2, 0) is 0 Å². The second kappa shape index (κ2) is 14.7. The van der Waals surface area contributed by atoms with Crippen LogP contribution in [0.15, 0.2) is 205 Å². The minimum absolute atomic E-state index is 0.566. The number of anilines is 3. The molecule has 12 rings (SSSR count). The van der Waals surface area contributed by atoms with Gasteiger partial charge in [-0.1, -0.05) is 159 Å². The van der Waals surface area contributed by atoms with Crippen LogP contribution >= 0.6 is 0 Å². The van der Waals surface area contributed by atoms with E-state index in [9.17, 15) is 0 Å². The number of benzene rings is 9. The largest absolute Gasteiger partial charge is 0.456 e. The van der Waals surface area contributed by atoms with Gasteiger partial charge in [-0.15, -0.1) is 0 Å². The lowest BCUT2D eigenvalue weighted by molar-refractivity contribution is 0.445.